The number of carbonyl (C=O) groups excluding carboxylic acids is 1. The van der Waals surface area contributed by atoms with Crippen molar-refractivity contribution in [2.45, 2.75) is 38.7 Å². The van der Waals surface area contributed by atoms with Crippen molar-refractivity contribution in [3.8, 4) is 0 Å². The van der Waals surface area contributed by atoms with E-state index < -0.39 is 0 Å². The zero-order chi connectivity index (χ0) is 12.7. The molecule has 3 heteroatoms. The molecule has 96 valence electrons. The van der Waals surface area contributed by atoms with E-state index >= 15 is 0 Å². The fourth-order valence-electron chi connectivity index (χ4n) is 2.82. The topological polar surface area (TPSA) is 49.3 Å². The Bertz CT molecular complexity index is 483. The molecule has 0 saturated heterocycles. The molecule has 1 heterocycles. The number of anilines is 1. The highest BCUT2D eigenvalue weighted by molar-refractivity contribution is 5.92. The summed E-state index contributed by atoms with van der Waals surface area (Å²) in [6.45, 7) is 2.18. The minimum atomic E-state index is -0.343. The van der Waals surface area contributed by atoms with Crippen LogP contribution in [0.5, 0.6) is 0 Å². The van der Waals surface area contributed by atoms with Crippen LogP contribution >= 0.6 is 0 Å². The van der Waals surface area contributed by atoms with Gasteiger partial charge in [0.15, 0.2) is 0 Å². The highest BCUT2D eigenvalue weighted by Gasteiger charge is 2.39. The van der Waals surface area contributed by atoms with Gasteiger partial charge >= 0.3 is 0 Å². The number of hydrogen-bond acceptors (Lipinski definition) is 2. The van der Waals surface area contributed by atoms with Crippen LogP contribution in [0.3, 0.4) is 0 Å². The maximum Gasteiger partial charge on any atom is 0.224 e. The minimum Gasteiger partial charge on any atom is -0.388 e. The Labute approximate surface area is 107 Å². The second-order valence-electron chi connectivity index (χ2n) is 5.64. The van der Waals surface area contributed by atoms with Gasteiger partial charge in [-0.3, -0.25) is 4.79 Å². The summed E-state index contributed by atoms with van der Waals surface area (Å²) in [7, 11) is 0. The summed E-state index contributed by atoms with van der Waals surface area (Å²) in [5.41, 5.74) is 3.07. The standard InChI is InChI=1S/C15H19NO2/c1-9-7-12(9)15(18)11-5-6-13-10(8-11)3-2-4-14(17)16-13/h5-6,8-9,12,15,18H,2-4,7H2,1H3,(H,16,17). The van der Waals surface area contributed by atoms with Crippen LogP contribution < -0.4 is 5.32 Å². The zero-order valence-corrected chi connectivity index (χ0v) is 10.6. The van der Waals surface area contributed by atoms with Gasteiger partial charge in [0.2, 0.25) is 5.91 Å². The third-order valence-corrected chi connectivity index (χ3v) is 4.17. The molecule has 1 aromatic rings. The van der Waals surface area contributed by atoms with E-state index in [2.05, 4.69) is 18.3 Å². The lowest BCUT2D eigenvalue weighted by molar-refractivity contribution is -0.116. The minimum absolute atomic E-state index is 0.0952. The van der Waals surface area contributed by atoms with Crippen LogP contribution in [0.25, 0.3) is 0 Å². The number of aryl methyl sites for hydroxylation is 1. The summed E-state index contributed by atoms with van der Waals surface area (Å²) in [5, 5.41) is 13.2. The number of hydrogen-bond donors (Lipinski definition) is 2. The molecule has 0 bridgehead atoms. The Kier molecular flexibility index (Phi) is 2.86. The number of benzene rings is 1. The quantitative estimate of drug-likeness (QED) is 0.841. The highest BCUT2D eigenvalue weighted by atomic mass is 16.3. The van der Waals surface area contributed by atoms with Gasteiger partial charge in [0.1, 0.15) is 0 Å². The monoisotopic (exact) mass is 245 g/mol. The largest absolute Gasteiger partial charge is 0.388 e. The number of aliphatic hydroxyl groups is 1. The van der Waals surface area contributed by atoms with Crippen LogP contribution in [-0.4, -0.2) is 11.0 Å². The van der Waals surface area contributed by atoms with Gasteiger partial charge in [0.05, 0.1) is 6.10 Å². The fourth-order valence-corrected chi connectivity index (χ4v) is 2.82. The summed E-state index contributed by atoms with van der Waals surface area (Å²) in [5.74, 6) is 1.15. The number of fused-ring (bicyclic) bond motifs is 1. The first-order valence-corrected chi connectivity index (χ1v) is 6.76. The molecule has 1 aromatic carbocycles. The lowest BCUT2D eigenvalue weighted by atomic mass is 9.99. The van der Waals surface area contributed by atoms with Crippen molar-refractivity contribution in [2.24, 2.45) is 11.8 Å². The van der Waals surface area contributed by atoms with Gasteiger partial charge in [-0.15, -0.1) is 0 Å². The van der Waals surface area contributed by atoms with Gasteiger partial charge in [-0.05, 0) is 48.3 Å². The van der Waals surface area contributed by atoms with E-state index in [9.17, 15) is 9.90 Å². The third-order valence-electron chi connectivity index (χ3n) is 4.17. The van der Waals surface area contributed by atoms with E-state index in [1.54, 1.807) is 0 Å². The number of amides is 1. The summed E-state index contributed by atoms with van der Waals surface area (Å²) in [6, 6.07) is 5.95. The van der Waals surface area contributed by atoms with Crippen molar-refractivity contribution in [2.75, 3.05) is 5.32 Å². The first kappa shape index (κ1) is 11.7. The highest BCUT2D eigenvalue weighted by Crippen LogP contribution is 2.47. The molecule has 1 aliphatic heterocycles. The SMILES string of the molecule is CC1CC1C(O)c1ccc2c(c1)CCCC(=O)N2. The van der Waals surface area contributed by atoms with Gasteiger partial charge in [0.25, 0.3) is 0 Å². The lowest BCUT2D eigenvalue weighted by Crippen LogP contribution is -2.09. The molecular weight excluding hydrogens is 226 g/mol. The molecule has 1 saturated carbocycles. The molecule has 18 heavy (non-hydrogen) atoms. The number of rotatable bonds is 2. The van der Waals surface area contributed by atoms with E-state index in [0.717, 1.165) is 36.1 Å². The van der Waals surface area contributed by atoms with Gasteiger partial charge in [-0.2, -0.15) is 0 Å². The second-order valence-corrected chi connectivity index (χ2v) is 5.64. The molecule has 3 rings (SSSR count). The zero-order valence-electron chi connectivity index (χ0n) is 10.6. The number of nitrogens with one attached hydrogen (secondary N) is 1. The maximum atomic E-state index is 11.5. The number of aliphatic hydroxyl groups excluding tert-OH is 1. The summed E-state index contributed by atoms with van der Waals surface area (Å²) < 4.78 is 0. The first-order chi connectivity index (χ1) is 8.65. The Morgan fingerprint density at radius 1 is 1.39 bits per heavy atom. The lowest BCUT2D eigenvalue weighted by Gasteiger charge is -2.14. The smallest absolute Gasteiger partial charge is 0.224 e. The van der Waals surface area contributed by atoms with E-state index in [1.807, 2.05) is 12.1 Å². The molecule has 3 unspecified atom stereocenters. The summed E-state index contributed by atoms with van der Waals surface area (Å²) in [6.07, 6.45) is 3.16. The second kappa shape index (κ2) is 4.39. The van der Waals surface area contributed by atoms with E-state index in [4.69, 9.17) is 0 Å². The number of carbonyl (C=O) groups is 1. The molecular formula is C15H19NO2. The molecule has 2 N–H and O–H groups in total. The molecule has 0 spiro atoms. The molecule has 3 atom stereocenters. The summed E-state index contributed by atoms with van der Waals surface area (Å²) >= 11 is 0. The van der Waals surface area contributed by atoms with E-state index in [1.165, 1.54) is 0 Å². The fraction of sp³-hybridized carbons (Fsp3) is 0.533. The van der Waals surface area contributed by atoms with E-state index in [-0.39, 0.29) is 12.0 Å². The Morgan fingerprint density at radius 2 is 2.17 bits per heavy atom. The summed E-state index contributed by atoms with van der Waals surface area (Å²) in [4.78, 5) is 11.5. The van der Waals surface area contributed by atoms with Crippen molar-refractivity contribution in [1.82, 2.24) is 0 Å². The van der Waals surface area contributed by atoms with Crippen LogP contribution in [-0.2, 0) is 11.2 Å². The molecule has 0 radical (unpaired) electrons. The molecule has 1 aliphatic carbocycles. The van der Waals surface area contributed by atoms with Crippen LogP contribution in [0.15, 0.2) is 18.2 Å². The molecule has 1 amide bonds. The first-order valence-electron chi connectivity index (χ1n) is 6.76. The van der Waals surface area contributed by atoms with Crippen molar-refractivity contribution in [1.29, 1.82) is 0 Å². The predicted octanol–water partition coefficient (Wildman–Crippen LogP) is 2.65. The van der Waals surface area contributed by atoms with Crippen LogP contribution in [0.4, 0.5) is 5.69 Å². The Morgan fingerprint density at radius 3 is 2.89 bits per heavy atom. The maximum absolute atomic E-state index is 11.5. The van der Waals surface area contributed by atoms with Crippen molar-refractivity contribution < 1.29 is 9.90 Å². The predicted molar refractivity (Wildman–Crippen MR) is 70.2 cm³/mol. The van der Waals surface area contributed by atoms with Crippen molar-refractivity contribution in [3.05, 3.63) is 29.3 Å². The van der Waals surface area contributed by atoms with Gasteiger partial charge in [-0.25, -0.2) is 0 Å². The molecule has 2 aliphatic rings. The normalized spacial score (nSPS) is 28.0. The molecule has 1 fully saturated rings. The van der Waals surface area contributed by atoms with E-state index in [0.29, 0.717) is 18.3 Å². The van der Waals surface area contributed by atoms with Crippen LogP contribution in [0.1, 0.15) is 43.4 Å². The van der Waals surface area contributed by atoms with Gasteiger partial charge in [-0.1, -0.05) is 19.1 Å². The van der Waals surface area contributed by atoms with Crippen molar-refractivity contribution in [3.63, 3.8) is 0 Å². The Hall–Kier alpha value is -1.35. The van der Waals surface area contributed by atoms with Gasteiger partial charge < -0.3 is 10.4 Å². The Balaban J connectivity index is 1.86. The van der Waals surface area contributed by atoms with Crippen molar-refractivity contribution >= 4 is 11.6 Å². The molecule has 3 nitrogen and oxygen atoms in total. The van der Waals surface area contributed by atoms with Gasteiger partial charge in [0, 0.05) is 12.1 Å². The van der Waals surface area contributed by atoms with Crippen LogP contribution in [0.2, 0.25) is 0 Å². The molecule has 0 aromatic heterocycles. The van der Waals surface area contributed by atoms with Crippen LogP contribution in [0, 0.1) is 11.8 Å². The average Bonchev–Trinajstić information content (AvgIpc) is 3.09. The third kappa shape index (κ3) is 2.15. The average molecular weight is 245 g/mol.